The van der Waals surface area contributed by atoms with Gasteiger partial charge >= 0.3 is 5.97 Å². The first kappa shape index (κ1) is 11.2. The number of carbonyl (C=O) groups is 1. The van der Waals surface area contributed by atoms with E-state index < -0.39 is 21.1 Å². The molecule has 0 radical (unpaired) electrons. The first-order valence-corrected chi connectivity index (χ1v) is 4.71. The van der Waals surface area contributed by atoms with Crippen molar-refractivity contribution in [3.63, 3.8) is 0 Å². The minimum atomic E-state index is -2.58. The molecular weight excluding hydrogens is 180 g/mol. The van der Waals surface area contributed by atoms with E-state index in [4.69, 9.17) is 5.11 Å². The average Bonchev–Trinajstić information content (AvgIpc) is 1.84. The fourth-order valence-corrected chi connectivity index (χ4v) is 1.11. The smallest absolute Gasteiger partial charge is 0.347 e. The Labute approximate surface area is 72.7 Å². The molecule has 0 fully saturated rings. The molecule has 0 unspecified atom stereocenters. The van der Waals surface area contributed by atoms with Crippen LogP contribution < -0.4 is 0 Å². The van der Waals surface area contributed by atoms with E-state index in [-0.39, 0.29) is 6.42 Å². The highest BCUT2D eigenvalue weighted by Crippen LogP contribution is 2.04. The first-order valence-electron chi connectivity index (χ1n) is 3.63. The monoisotopic (exact) mass is 192 g/mol. The van der Waals surface area contributed by atoms with Gasteiger partial charge in [0.15, 0.2) is 4.86 Å². The molecule has 0 aliphatic rings. The van der Waals surface area contributed by atoms with Crippen molar-refractivity contribution in [1.29, 1.82) is 0 Å². The Morgan fingerprint density at radius 2 is 1.92 bits per heavy atom. The van der Waals surface area contributed by atoms with Crippen molar-refractivity contribution in [2.75, 3.05) is 0 Å². The van der Waals surface area contributed by atoms with Crippen LogP contribution in [0, 0.1) is 5.92 Å². The second-order valence-corrected chi connectivity index (χ2v) is 3.86. The molecule has 12 heavy (non-hydrogen) atoms. The van der Waals surface area contributed by atoms with E-state index in [1.54, 1.807) is 0 Å². The van der Waals surface area contributed by atoms with Gasteiger partial charge in [-0.15, -0.1) is 0 Å². The molecule has 0 aromatic carbocycles. The quantitative estimate of drug-likeness (QED) is 0.660. The predicted molar refractivity (Wildman–Crippen MR) is 45.6 cm³/mol. The summed E-state index contributed by atoms with van der Waals surface area (Å²) in [6.45, 7) is 3.82. The molecule has 0 saturated carbocycles. The minimum absolute atomic E-state index is 0.114. The summed E-state index contributed by atoms with van der Waals surface area (Å²) in [4.78, 5) is 9.90. The van der Waals surface area contributed by atoms with Crippen LogP contribution in [0.2, 0.25) is 0 Å². The third kappa shape index (κ3) is 4.12. The normalized spacial score (nSPS) is 9.92. The van der Waals surface area contributed by atoms with Gasteiger partial charge in [0, 0.05) is 0 Å². The minimum Gasteiger partial charge on any atom is -0.477 e. The van der Waals surface area contributed by atoms with Crippen LogP contribution in [0.4, 0.5) is 0 Å². The van der Waals surface area contributed by atoms with E-state index in [0.29, 0.717) is 12.3 Å². The van der Waals surface area contributed by atoms with Gasteiger partial charge in [-0.2, -0.15) is 8.42 Å². The van der Waals surface area contributed by atoms with Crippen molar-refractivity contribution in [2.45, 2.75) is 26.7 Å². The molecule has 0 rings (SSSR count). The van der Waals surface area contributed by atoms with E-state index in [0.717, 1.165) is 0 Å². The molecule has 70 valence electrons. The topological polar surface area (TPSA) is 71.4 Å². The molecular formula is C7H12O4S. The first-order chi connectivity index (χ1) is 5.45. The van der Waals surface area contributed by atoms with Crippen molar-refractivity contribution in [3.05, 3.63) is 0 Å². The zero-order chi connectivity index (χ0) is 9.72. The van der Waals surface area contributed by atoms with Crippen LogP contribution in [0.25, 0.3) is 0 Å². The largest absolute Gasteiger partial charge is 0.477 e. The summed E-state index contributed by atoms with van der Waals surface area (Å²) in [7, 11) is -2.58. The van der Waals surface area contributed by atoms with Crippen molar-refractivity contribution in [1.82, 2.24) is 0 Å². The van der Waals surface area contributed by atoms with Crippen LogP contribution in [-0.4, -0.2) is 24.4 Å². The fourth-order valence-electron chi connectivity index (χ4n) is 0.681. The van der Waals surface area contributed by atoms with Gasteiger partial charge in [0.1, 0.15) is 0 Å². The number of hydrogen-bond acceptors (Lipinski definition) is 3. The highest BCUT2D eigenvalue weighted by molar-refractivity contribution is 7.74. The molecule has 0 saturated heterocycles. The molecule has 0 aliphatic heterocycles. The third-order valence-electron chi connectivity index (χ3n) is 1.39. The highest BCUT2D eigenvalue weighted by atomic mass is 32.2. The summed E-state index contributed by atoms with van der Waals surface area (Å²) in [6.07, 6.45) is 0.693. The summed E-state index contributed by atoms with van der Waals surface area (Å²) < 4.78 is 20.7. The molecule has 0 amide bonds. The zero-order valence-corrected chi connectivity index (χ0v) is 7.89. The summed E-state index contributed by atoms with van der Waals surface area (Å²) in [5, 5.41) is 8.43. The number of hydrogen-bond donors (Lipinski definition) is 1. The lowest BCUT2D eigenvalue weighted by Gasteiger charge is -2.00. The van der Waals surface area contributed by atoms with Gasteiger partial charge in [0.25, 0.3) is 0 Å². The molecule has 5 heteroatoms. The number of carboxylic acid groups (broad SMARTS) is 1. The van der Waals surface area contributed by atoms with Gasteiger partial charge in [0.2, 0.25) is 10.3 Å². The van der Waals surface area contributed by atoms with E-state index in [1.807, 2.05) is 13.8 Å². The van der Waals surface area contributed by atoms with Crippen LogP contribution in [0.5, 0.6) is 0 Å². The predicted octanol–water partition coefficient (Wildman–Crippen LogP) is 0.559. The maximum absolute atomic E-state index is 10.3. The van der Waals surface area contributed by atoms with Gasteiger partial charge in [-0.3, -0.25) is 0 Å². The maximum Gasteiger partial charge on any atom is 0.347 e. The zero-order valence-electron chi connectivity index (χ0n) is 7.07. The Kier molecular flexibility index (Phi) is 4.58. The number of aliphatic carboxylic acids is 1. The number of rotatable bonds is 4. The van der Waals surface area contributed by atoms with Crippen molar-refractivity contribution in [3.8, 4) is 0 Å². The lowest BCUT2D eigenvalue weighted by Crippen LogP contribution is -2.14. The summed E-state index contributed by atoms with van der Waals surface area (Å²) in [5.41, 5.74) is 0. The van der Waals surface area contributed by atoms with E-state index in [2.05, 4.69) is 0 Å². The molecule has 0 heterocycles. The van der Waals surface area contributed by atoms with Crippen molar-refractivity contribution in [2.24, 2.45) is 5.92 Å². The third-order valence-corrected chi connectivity index (χ3v) is 2.17. The summed E-state index contributed by atoms with van der Waals surface area (Å²) >= 11 is 0. The second-order valence-electron chi connectivity index (χ2n) is 2.90. The van der Waals surface area contributed by atoms with Crippen LogP contribution in [-0.2, 0) is 15.1 Å². The molecule has 0 bridgehead atoms. The standard InChI is InChI=1S/C7H12O4S/c1-5(2)3-4-6(7(8)9)12(10)11/h5H,3-4H2,1-2H3,(H,8,9). The molecule has 0 aromatic rings. The van der Waals surface area contributed by atoms with Gasteiger partial charge < -0.3 is 5.11 Å². The Hall–Kier alpha value is -0.840. The van der Waals surface area contributed by atoms with E-state index in [1.165, 1.54) is 0 Å². The van der Waals surface area contributed by atoms with Crippen molar-refractivity contribution < 1.29 is 18.3 Å². The lowest BCUT2D eigenvalue weighted by molar-refractivity contribution is -0.129. The van der Waals surface area contributed by atoms with E-state index in [9.17, 15) is 13.2 Å². The van der Waals surface area contributed by atoms with Crippen LogP contribution >= 0.6 is 0 Å². The van der Waals surface area contributed by atoms with Crippen LogP contribution in [0.15, 0.2) is 0 Å². The summed E-state index contributed by atoms with van der Waals surface area (Å²) in [6, 6.07) is 0. The molecule has 0 atom stereocenters. The number of carboxylic acids is 1. The fraction of sp³-hybridized carbons (Fsp3) is 0.714. The van der Waals surface area contributed by atoms with Crippen LogP contribution in [0.1, 0.15) is 26.7 Å². The van der Waals surface area contributed by atoms with Gasteiger partial charge in [-0.05, 0) is 18.8 Å². The molecule has 1 N–H and O–H groups in total. The second kappa shape index (κ2) is 4.92. The van der Waals surface area contributed by atoms with Crippen LogP contribution in [0.3, 0.4) is 0 Å². The Bertz CT molecular complexity index is 279. The van der Waals surface area contributed by atoms with Gasteiger partial charge in [0.05, 0.1) is 0 Å². The molecule has 0 spiro atoms. The Morgan fingerprint density at radius 1 is 1.42 bits per heavy atom. The lowest BCUT2D eigenvalue weighted by atomic mass is 10.1. The highest BCUT2D eigenvalue weighted by Gasteiger charge is 2.11. The molecule has 4 nitrogen and oxygen atoms in total. The molecule has 0 aliphatic carbocycles. The van der Waals surface area contributed by atoms with Gasteiger partial charge in [-0.1, -0.05) is 13.8 Å². The SMILES string of the molecule is CC(C)CCC(C(=O)O)=S(=O)=O. The average molecular weight is 192 g/mol. The Morgan fingerprint density at radius 3 is 2.17 bits per heavy atom. The summed E-state index contributed by atoms with van der Waals surface area (Å²) in [5.74, 6) is -1.04. The molecule has 0 aromatic heterocycles. The maximum atomic E-state index is 10.3. The van der Waals surface area contributed by atoms with Gasteiger partial charge in [-0.25, -0.2) is 4.79 Å². The van der Waals surface area contributed by atoms with E-state index >= 15 is 0 Å². The Balaban J connectivity index is 4.40. The van der Waals surface area contributed by atoms with Crippen molar-refractivity contribution >= 4 is 21.1 Å².